The van der Waals surface area contributed by atoms with E-state index in [9.17, 15) is 9.90 Å². The van der Waals surface area contributed by atoms with Crippen LogP contribution in [-0.2, 0) is 9.53 Å². The number of carboxylic acids is 1. The monoisotopic (exact) mass is 297 g/mol. The molecular formula is C17H31NO3. The van der Waals surface area contributed by atoms with Crippen LogP contribution in [0.1, 0.15) is 65.7 Å². The molecule has 21 heavy (non-hydrogen) atoms. The van der Waals surface area contributed by atoms with Crippen molar-refractivity contribution in [3.05, 3.63) is 0 Å². The third-order valence-electron chi connectivity index (χ3n) is 5.96. The minimum Gasteiger partial charge on any atom is -0.480 e. The van der Waals surface area contributed by atoms with E-state index >= 15 is 0 Å². The maximum absolute atomic E-state index is 11.8. The standard InChI is InChI=1S/C17H31NO3/c1-4-16(2,3)13-7-9-17(10-8-13,15(19)20)18-12-14-6-5-11-21-14/h13-14,18H,4-12H2,1-3H3,(H,19,20). The lowest BCUT2D eigenvalue weighted by molar-refractivity contribution is -0.147. The number of rotatable bonds is 6. The van der Waals surface area contributed by atoms with E-state index in [1.165, 1.54) is 0 Å². The highest BCUT2D eigenvalue weighted by Gasteiger charge is 2.44. The third-order valence-corrected chi connectivity index (χ3v) is 5.96. The highest BCUT2D eigenvalue weighted by atomic mass is 16.5. The van der Waals surface area contributed by atoms with Crippen LogP contribution in [0.5, 0.6) is 0 Å². The molecule has 4 nitrogen and oxygen atoms in total. The van der Waals surface area contributed by atoms with Gasteiger partial charge in [-0.1, -0.05) is 27.2 Å². The Morgan fingerprint density at radius 3 is 2.48 bits per heavy atom. The van der Waals surface area contributed by atoms with Gasteiger partial charge in [0.1, 0.15) is 5.54 Å². The number of aliphatic carboxylic acids is 1. The van der Waals surface area contributed by atoms with Crippen molar-refractivity contribution in [1.29, 1.82) is 0 Å². The molecule has 0 amide bonds. The highest BCUT2D eigenvalue weighted by Crippen LogP contribution is 2.43. The molecular weight excluding hydrogens is 266 g/mol. The van der Waals surface area contributed by atoms with Crippen LogP contribution in [0.3, 0.4) is 0 Å². The highest BCUT2D eigenvalue weighted by molar-refractivity contribution is 5.79. The molecule has 1 saturated heterocycles. The van der Waals surface area contributed by atoms with Crippen molar-refractivity contribution in [3.63, 3.8) is 0 Å². The molecule has 1 unspecified atom stereocenters. The minimum atomic E-state index is -0.730. The van der Waals surface area contributed by atoms with E-state index in [2.05, 4.69) is 26.1 Å². The van der Waals surface area contributed by atoms with Gasteiger partial charge in [-0.05, 0) is 49.9 Å². The van der Waals surface area contributed by atoms with E-state index in [1.54, 1.807) is 0 Å². The Bertz CT molecular complexity index is 353. The van der Waals surface area contributed by atoms with Gasteiger partial charge in [0.15, 0.2) is 0 Å². The summed E-state index contributed by atoms with van der Waals surface area (Å²) in [5.74, 6) is -0.0484. The Hall–Kier alpha value is -0.610. The Labute approximate surface area is 128 Å². The fourth-order valence-electron chi connectivity index (χ4n) is 3.76. The van der Waals surface area contributed by atoms with E-state index in [0.717, 1.165) is 51.6 Å². The minimum absolute atomic E-state index is 0.200. The molecule has 2 fully saturated rings. The first-order chi connectivity index (χ1) is 9.89. The molecule has 1 heterocycles. The molecule has 1 atom stereocenters. The van der Waals surface area contributed by atoms with Crippen molar-refractivity contribution in [2.45, 2.75) is 77.4 Å². The van der Waals surface area contributed by atoms with Gasteiger partial charge >= 0.3 is 5.97 Å². The summed E-state index contributed by atoms with van der Waals surface area (Å²) in [6.45, 7) is 8.35. The summed E-state index contributed by atoms with van der Waals surface area (Å²) in [6.07, 6.45) is 6.99. The van der Waals surface area contributed by atoms with Gasteiger partial charge in [-0.3, -0.25) is 10.1 Å². The first-order valence-corrected chi connectivity index (χ1v) is 8.50. The zero-order valence-corrected chi connectivity index (χ0v) is 13.8. The summed E-state index contributed by atoms with van der Waals surface area (Å²) in [5, 5.41) is 13.0. The lowest BCUT2D eigenvalue weighted by atomic mass is 9.65. The van der Waals surface area contributed by atoms with Crippen LogP contribution in [-0.4, -0.2) is 35.9 Å². The van der Waals surface area contributed by atoms with Crippen LogP contribution in [0.15, 0.2) is 0 Å². The SMILES string of the molecule is CCC(C)(C)C1CCC(NCC2CCCO2)(C(=O)O)CC1. The van der Waals surface area contributed by atoms with Gasteiger partial charge in [0, 0.05) is 13.2 Å². The van der Waals surface area contributed by atoms with E-state index in [-0.39, 0.29) is 6.10 Å². The molecule has 0 radical (unpaired) electrons. The van der Waals surface area contributed by atoms with E-state index < -0.39 is 11.5 Å². The second-order valence-corrected chi connectivity index (χ2v) is 7.52. The summed E-state index contributed by atoms with van der Waals surface area (Å²) in [5.41, 5.74) is -0.411. The van der Waals surface area contributed by atoms with Crippen molar-refractivity contribution in [1.82, 2.24) is 5.32 Å². The first-order valence-electron chi connectivity index (χ1n) is 8.50. The Morgan fingerprint density at radius 2 is 2.00 bits per heavy atom. The lowest BCUT2D eigenvalue weighted by Crippen LogP contribution is -2.56. The Morgan fingerprint density at radius 1 is 1.33 bits per heavy atom. The molecule has 2 N–H and O–H groups in total. The first kappa shape index (κ1) is 16.8. The Kier molecular flexibility index (Phi) is 5.31. The van der Waals surface area contributed by atoms with Crippen molar-refractivity contribution in [2.24, 2.45) is 11.3 Å². The average molecular weight is 297 g/mol. The summed E-state index contributed by atoms with van der Waals surface area (Å²) < 4.78 is 5.61. The fourth-order valence-corrected chi connectivity index (χ4v) is 3.76. The van der Waals surface area contributed by atoms with Crippen LogP contribution >= 0.6 is 0 Å². The molecule has 2 rings (SSSR count). The smallest absolute Gasteiger partial charge is 0.323 e. The van der Waals surface area contributed by atoms with Crippen molar-refractivity contribution >= 4 is 5.97 Å². The van der Waals surface area contributed by atoms with Crippen LogP contribution < -0.4 is 5.32 Å². The van der Waals surface area contributed by atoms with Crippen LogP contribution in [0.2, 0.25) is 0 Å². The molecule has 1 saturated carbocycles. The average Bonchev–Trinajstić information content (AvgIpc) is 2.98. The third kappa shape index (κ3) is 3.78. The van der Waals surface area contributed by atoms with Gasteiger partial charge in [-0.25, -0.2) is 0 Å². The van der Waals surface area contributed by atoms with Gasteiger partial charge in [-0.15, -0.1) is 0 Å². The van der Waals surface area contributed by atoms with E-state index in [4.69, 9.17) is 4.74 Å². The predicted octanol–water partition coefficient (Wildman–Crippen LogP) is 3.20. The normalized spacial score (nSPS) is 34.0. The van der Waals surface area contributed by atoms with Gasteiger partial charge < -0.3 is 9.84 Å². The summed E-state index contributed by atoms with van der Waals surface area (Å²) in [7, 11) is 0. The van der Waals surface area contributed by atoms with E-state index in [1.807, 2.05) is 0 Å². The number of nitrogens with one attached hydrogen (secondary N) is 1. The molecule has 0 aromatic heterocycles. The lowest BCUT2D eigenvalue weighted by Gasteiger charge is -2.43. The molecule has 122 valence electrons. The number of hydrogen-bond donors (Lipinski definition) is 2. The van der Waals surface area contributed by atoms with Crippen molar-refractivity contribution < 1.29 is 14.6 Å². The Balaban J connectivity index is 1.93. The van der Waals surface area contributed by atoms with E-state index in [0.29, 0.717) is 17.9 Å². The topological polar surface area (TPSA) is 58.6 Å². The summed E-state index contributed by atoms with van der Waals surface area (Å²) in [6, 6.07) is 0. The molecule has 0 aromatic carbocycles. The molecule has 0 bridgehead atoms. The largest absolute Gasteiger partial charge is 0.480 e. The maximum Gasteiger partial charge on any atom is 0.323 e. The molecule has 1 aliphatic heterocycles. The van der Waals surface area contributed by atoms with Gasteiger partial charge in [0.2, 0.25) is 0 Å². The van der Waals surface area contributed by atoms with Crippen molar-refractivity contribution in [2.75, 3.05) is 13.2 Å². The van der Waals surface area contributed by atoms with Crippen LogP contribution in [0.25, 0.3) is 0 Å². The number of ether oxygens (including phenoxy) is 1. The second kappa shape index (κ2) is 6.66. The number of hydrogen-bond acceptors (Lipinski definition) is 3. The molecule has 0 aromatic rings. The fraction of sp³-hybridized carbons (Fsp3) is 0.941. The van der Waals surface area contributed by atoms with Gasteiger partial charge in [-0.2, -0.15) is 0 Å². The number of carbonyl (C=O) groups is 1. The second-order valence-electron chi connectivity index (χ2n) is 7.52. The number of carboxylic acid groups (broad SMARTS) is 1. The summed E-state index contributed by atoms with van der Waals surface area (Å²) >= 11 is 0. The van der Waals surface area contributed by atoms with Gasteiger partial charge in [0.05, 0.1) is 6.10 Å². The summed E-state index contributed by atoms with van der Waals surface area (Å²) in [4.78, 5) is 11.8. The molecule has 0 spiro atoms. The van der Waals surface area contributed by atoms with Crippen molar-refractivity contribution in [3.8, 4) is 0 Å². The van der Waals surface area contributed by atoms with Crippen LogP contribution in [0.4, 0.5) is 0 Å². The molecule has 4 heteroatoms. The zero-order chi connectivity index (χ0) is 15.5. The zero-order valence-electron chi connectivity index (χ0n) is 13.8. The predicted molar refractivity (Wildman–Crippen MR) is 83.4 cm³/mol. The van der Waals surface area contributed by atoms with Crippen LogP contribution in [0, 0.1) is 11.3 Å². The van der Waals surface area contributed by atoms with Gasteiger partial charge in [0.25, 0.3) is 0 Å². The molecule has 2 aliphatic rings. The maximum atomic E-state index is 11.8. The molecule has 1 aliphatic carbocycles. The quantitative estimate of drug-likeness (QED) is 0.790.